The van der Waals surface area contributed by atoms with Gasteiger partial charge in [-0.15, -0.1) is 11.6 Å². The number of alkyl halides is 1. The van der Waals surface area contributed by atoms with Crippen LogP contribution in [0.1, 0.15) is 38.7 Å². The number of carbonyl (C=O) groups is 1. The van der Waals surface area contributed by atoms with Crippen molar-refractivity contribution >= 4 is 17.6 Å². The first kappa shape index (κ1) is 15.8. The summed E-state index contributed by atoms with van der Waals surface area (Å²) in [4.78, 5) is 11.0. The number of hydrogen-bond donors (Lipinski definition) is 0. The summed E-state index contributed by atoms with van der Waals surface area (Å²) in [6.45, 7) is 6.47. The van der Waals surface area contributed by atoms with Gasteiger partial charge in [0.1, 0.15) is 24.3 Å². The van der Waals surface area contributed by atoms with Crippen molar-refractivity contribution in [3.8, 4) is 5.75 Å². The lowest BCUT2D eigenvalue weighted by molar-refractivity contribution is -0.146. The first-order valence-electron chi connectivity index (χ1n) is 6.55. The van der Waals surface area contributed by atoms with Crippen LogP contribution in [-0.4, -0.2) is 24.6 Å². The Hall–Kier alpha value is -1.22. The van der Waals surface area contributed by atoms with E-state index >= 15 is 0 Å². The molecule has 0 aromatic heterocycles. The summed E-state index contributed by atoms with van der Waals surface area (Å²) in [5.74, 6) is 0.775. The Morgan fingerprint density at radius 1 is 1.26 bits per heavy atom. The Kier molecular flexibility index (Phi) is 6.71. The monoisotopic (exact) mass is 284 g/mol. The van der Waals surface area contributed by atoms with Gasteiger partial charge in [-0.2, -0.15) is 0 Å². The molecular weight excluding hydrogens is 264 g/mol. The Balaban J connectivity index is 2.43. The van der Waals surface area contributed by atoms with Crippen molar-refractivity contribution in [1.29, 1.82) is 0 Å². The van der Waals surface area contributed by atoms with E-state index in [0.717, 1.165) is 12.2 Å². The van der Waals surface area contributed by atoms with Gasteiger partial charge in [-0.05, 0) is 37.0 Å². The molecule has 0 radical (unpaired) electrons. The second-order valence-corrected chi connectivity index (χ2v) is 4.89. The van der Waals surface area contributed by atoms with Crippen molar-refractivity contribution in [3.63, 3.8) is 0 Å². The van der Waals surface area contributed by atoms with Crippen LogP contribution >= 0.6 is 11.6 Å². The third-order valence-corrected chi connectivity index (χ3v) is 3.21. The fourth-order valence-corrected chi connectivity index (χ4v) is 1.69. The van der Waals surface area contributed by atoms with Crippen LogP contribution in [0.4, 0.5) is 0 Å². The lowest BCUT2D eigenvalue weighted by Gasteiger charge is -2.14. The number of benzene rings is 1. The molecule has 0 aliphatic carbocycles. The summed E-state index contributed by atoms with van der Waals surface area (Å²) in [6, 6.07) is 8.02. The number of hydrogen-bond acceptors (Lipinski definition) is 3. The van der Waals surface area contributed by atoms with E-state index < -0.39 is 5.97 Å². The normalized spacial score (nSPS) is 13.7. The second-order valence-electron chi connectivity index (χ2n) is 4.62. The summed E-state index contributed by atoms with van der Waals surface area (Å²) < 4.78 is 10.6. The molecule has 0 N–H and O–H groups in total. The number of halogens is 1. The van der Waals surface area contributed by atoms with E-state index in [1.165, 1.54) is 5.56 Å². The van der Waals surface area contributed by atoms with Crippen LogP contribution in [-0.2, 0) is 9.53 Å². The molecule has 4 heteroatoms. The van der Waals surface area contributed by atoms with Gasteiger partial charge >= 0.3 is 5.97 Å². The van der Waals surface area contributed by atoms with E-state index in [9.17, 15) is 4.79 Å². The van der Waals surface area contributed by atoms with Crippen molar-refractivity contribution in [2.24, 2.45) is 0 Å². The first-order valence-corrected chi connectivity index (χ1v) is 7.08. The average Bonchev–Trinajstić information content (AvgIpc) is 2.44. The van der Waals surface area contributed by atoms with E-state index in [1.54, 1.807) is 6.92 Å². The average molecular weight is 285 g/mol. The highest BCUT2D eigenvalue weighted by molar-refractivity contribution is 6.26. The maximum absolute atomic E-state index is 11.0. The van der Waals surface area contributed by atoms with E-state index in [-0.39, 0.29) is 12.0 Å². The smallest absolute Gasteiger partial charge is 0.321 e. The molecule has 0 aliphatic heterocycles. The molecule has 0 aliphatic rings. The van der Waals surface area contributed by atoms with Crippen LogP contribution in [0, 0.1) is 0 Å². The summed E-state index contributed by atoms with van der Waals surface area (Å²) >= 11 is 5.36. The summed E-state index contributed by atoms with van der Waals surface area (Å²) in [5, 5.41) is 0. The molecule has 2 atom stereocenters. The van der Waals surface area contributed by atoms with Gasteiger partial charge in [0.25, 0.3) is 0 Å². The zero-order chi connectivity index (χ0) is 14.3. The molecule has 0 spiro atoms. The lowest BCUT2D eigenvalue weighted by Crippen LogP contribution is -2.22. The van der Waals surface area contributed by atoms with Crippen molar-refractivity contribution < 1.29 is 14.3 Å². The highest BCUT2D eigenvalue weighted by atomic mass is 35.5. The van der Waals surface area contributed by atoms with Crippen molar-refractivity contribution in [3.05, 3.63) is 29.8 Å². The molecule has 19 heavy (non-hydrogen) atoms. The molecule has 3 nitrogen and oxygen atoms in total. The third kappa shape index (κ3) is 5.52. The van der Waals surface area contributed by atoms with Gasteiger partial charge in [0.05, 0.1) is 0 Å². The molecule has 0 saturated carbocycles. The quantitative estimate of drug-likeness (QED) is 0.565. The molecular formula is C15H21ClO3. The van der Waals surface area contributed by atoms with Gasteiger partial charge in [-0.25, -0.2) is 0 Å². The zero-order valence-corrected chi connectivity index (χ0v) is 12.4. The van der Waals surface area contributed by atoms with Gasteiger partial charge in [0.15, 0.2) is 0 Å². The number of ether oxygens (including phenoxy) is 2. The van der Waals surface area contributed by atoms with E-state index in [0.29, 0.717) is 12.5 Å². The van der Waals surface area contributed by atoms with Gasteiger partial charge in [0.2, 0.25) is 0 Å². The second kappa shape index (κ2) is 8.05. The fraction of sp³-hybridized carbons (Fsp3) is 0.533. The molecule has 0 saturated heterocycles. The van der Waals surface area contributed by atoms with Gasteiger partial charge in [-0.3, -0.25) is 4.79 Å². The minimum Gasteiger partial charge on any atom is -0.490 e. The van der Waals surface area contributed by atoms with Crippen LogP contribution < -0.4 is 4.74 Å². The Morgan fingerprint density at radius 2 is 1.89 bits per heavy atom. The molecule has 1 aromatic carbocycles. The predicted molar refractivity (Wildman–Crippen MR) is 76.9 cm³/mol. The number of esters is 1. The fourth-order valence-electron chi connectivity index (χ4n) is 1.63. The lowest BCUT2D eigenvalue weighted by atomic mass is 9.99. The Labute approximate surface area is 119 Å². The summed E-state index contributed by atoms with van der Waals surface area (Å²) in [6.07, 6.45) is 0.812. The standard InChI is InChI=1S/C15H21ClO3/c1-4-11(2)13-5-7-14(8-6-13)18-10-12(3)19-15(17)9-16/h5-8,11-12H,4,9-10H2,1-3H3/t11-,12+/m1/s1. The molecule has 1 aromatic rings. The third-order valence-electron chi connectivity index (χ3n) is 2.99. The maximum atomic E-state index is 11.0. The zero-order valence-electron chi connectivity index (χ0n) is 11.7. The molecule has 106 valence electrons. The van der Waals surface area contributed by atoms with Crippen LogP contribution in [0.25, 0.3) is 0 Å². The summed E-state index contributed by atoms with van der Waals surface area (Å²) in [7, 11) is 0. The molecule has 0 amide bonds. The largest absolute Gasteiger partial charge is 0.490 e. The van der Waals surface area contributed by atoms with E-state index in [4.69, 9.17) is 21.1 Å². The molecule has 0 unspecified atom stereocenters. The van der Waals surface area contributed by atoms with Crippen LogP contribution in [0.3, 0.4) is 0 Å². The minimum atomic E-state index is -0.426. The van der Waals surface area contributed by atoms with Crippen molar-refractivity contribution in [2.75, 3.05) is 12.5 Å². The number of rotatable bonds is 7. The van der Waals surface area contributed by atoms with Gasteiger partial charge < -0.3 is 9.47 Å². The molecule has 0 bridgehead atoms. The molecule has 1 rings (SSSR count). The Bertz CT molecular complexity index is 389. The van der Waals surface area contributed by atoms with Crippen molar-refractivity contribution in [1.82, 2.24) is 0 Å². The SMILES string of the molecule is CC[C@@H](C)c1ccc(OC[C@H](C)OC(=O)CCl)cc1. The minimum absolute atomic E-state index is 0.131. The predicted octanol–water partition coefficient (Wildman–Crippen LogP) is 3.75. The van der Waals surface area contributed by atoms with Gasteiger partial charge in [-0.1, -0.05) is 26.0 Å². The van der Waals surface area contributed by atoms with E-state index in [2.05, 4.69) is 26.0 Å². The van der Waals surface area contributed by atoms with E-state index in [1.807, 2.05) is 12.1 Å². The number of carbonyl (C=O) groups excluding carboxylic acids is 1. The van der Waals surface area contributed by atoms with Crippen molar-refractivity contribution in [2.45, 2.75) is 39.2 Å². The van der Waals surface area contributed by atoms with Crippen LogP contribution in [0.5, 0.6) is 5.75 Å². The first-order chi connectivity index (χ1) is 9.06. The van der Waals surface area contributed by atoms with Crippen LogP contribution in [0.15, 0.2) is 24.3 Å². The maximum Gasteiger partial charge on any atom is 0.321 e. The topological polar surface area (TPSA) is 35.5 Å². The molecule has 0 heterocycles. The molecule has 0 fully saturated rings. The highest BCUT2D eigenvalue weighted by Crippen LogP contribution is 2.21. The van der Waals surface area contributed by atoms with Gasteiger partial charge in [0, 0.05) is 0 Å². The Morgan fingerprint density at radius 3 is 2.42 bits per heavy atom. The van der Waals surface area contributed by atoms with Crippen LogP contribution in [0.2, 0.25) is 0 Å². The summed E-state index contributed by atoms with van der Waals surface area (Å²) in [5.41, 5.74) is 1.30. The highest BCUT2D eigenvalue weighted by Gasteiger charge is 2.09.